The second-order valence-corrected chi connectivity index (χ2v) is 8.61. The summed E-state index contributed by atoms with van der Waals surface area (Å²) in [7, 11) is 2.08. The zero-order valence-electron chi connectivity index (χ0n) is 17.4. The van der Waals surface area contributed by atoms with E-state index in [4.69, 9.17) is 9.15 Å². The molecule has 0 saturated carbocycles. The molecule has 0 amide bonds. The average Bonchev–Trinajstić information content (AvgIpc) is 3.11. The largest absolute Gasteiger partial charge is 0.449 e. The lowest BCUT2D eigenvalue weighted by Gasteiger charge is -2.24. The molecular formula is C25H26NO2+. The van der Waals surface area contributed by atoms with Crippen molar-refractivity contribution in [3.63, 3.8) is 0 Å². The van der Waals surface area contributed by atoms with Gasteiger partial charge in [0.2, 0.25) is 5.75 Å². The van der Waals surface area contributed by atoms with Crippen LogP contribution in [0.5, 0.6) is 11.5 Å². The number of aryl methyl sites for hydroxylation is 3. The van der Waals surface area contributed by atoms with E-state index < -0.39 is 0 Å². The number of ether oxygens (including phenoxy) is 1. The summed E-state index contributed by atoms with van der Waals surface area (Å²) >= 11 is 0. The van der Waals surface area contributed by atoms with Crippen LogP contribution >= 0.6 is 0 Å². The van der Waals surface area contributed by atoms with Gasteiger partial charge in [0.15, 0.2) is 0 Å². The molecule has 0 bridgehead atoms. The highest BCUT2D eigenvalue weighted by atomic mass is 16.5. The predicted octanol–water partition coefficient (Wildman–Crippen LogP) is 6.31. The molecule has 0 aliphatic carbocycles. The molecular weight excluding hydrogens is 346 g/mol. The number of benzene rings is 2. The van der Waals surface area contributed by atoms with Crippen LogP contribution in [0.3, 0.4) is 0 Å². The van der Waals surface area contributed by atoms with Crippen molar-refractivity contribution in [1.29, 1.82) is 0 Å². The van der Waals surface area contributed by atoms with Crippen LogP contribution < -0.4 is 9.30 Å². The van der Waals surface area contributed by atoms with Gasteiger partial charge in [-0.1, -0.05) is 26.0 Å². The molecule has 3 heteroatoms. The summed E-state index contributed by atoms with van der Waals surface area (Å²) in [4.78, 5) is 0. The van der Waals surface area contributed by atoms with Gasteiger partial charge in [0.1, 0.15) is 12.8 Å². The number of furan rings is 1. The topological polar surface area (TPSA) is 26.2 Å². The maximum Gasteiger partial charge on any atom is 0.381 e. The minimum Gasteiger partial charge on any atom is -0.449 e. The van der Waals surface area contributed by atoms with E-state index in [9.17, 15) is 0 Å². The number of pyridine rings is 1. The lowest BCUT2D eigenvalue weighted by atomic mass is 9.88. The molecule has 2 aromatic heterocycles. The van der Waals surface area contributed by atoms with Crippen molar-refractivity contribution in [2.75, 3.05) is 0 Å². The van der Waals surface area contributed by atoms with E-state index in [1.165, 1.54) is 38.6 Å². The number of fused-ring (bicyclic) bond motifs is 3. The summed E-state index contributed by atoms with van der Waals surface area (Å²) in [5.41, 5.74) is 8.38. The van der Waals surface area contributed by atoms with E-state index in [0.717, 1.165) is 34.7 Å². The highest BCUT2D eigenvalue weighted by Gasteiger charge is 2.35. The Morgan fingerprint density at radius 2 is 1.86 bits per heavy atom. The fourth-order valence-corrected chi connectivity index (χ4v) is 4.69. The first-order valence-electron chi connectivity index (χ1n) is 10.0. The number of aromatic nitrogens is 1. The Labute approximate surface area is 165 Å². The standard InChI is InChI=1S/C25H26NO2/c1-13(2)9-19-18-7-8-27-25(18)26(6)23-21-16(5)15(4)12-17-10-14(3)11-20(22(17)21)28-24(19)23/h7-8,10-13H,9H2,1-6H3/q+1. The number of rotatable bonds is 2. The van der Waals surface area contributed by atoms with E-state index in [2.05, 4.69) is 70.5 Å². The first-order valence-corrected chi connectivity index (χ1v) is 10.0. The van der Waals surface area contributed by atoms with Crippen LogP contribution in [0.1, 0.15) is 36.1 Å². The Morgan fingerprint density at radius 3 is 2.61 bits per heavy atom. The molecule has 0 spiro atoms. The van der Waals surface area contributed by atoms with Gasteiger partial charge in [0, 0.05) is 10.9 Å². The summed E-state index contributed by atoms with van der Waals surface area (Å²) in [5, 5.41) is 3.59. The third-order valence-corrected chi connectivity index (χ3v) is 6.03. The van der Waals surface area contributed by atoms with Crippen LogP contribution in [0, 0.1) is 26.7 Å². The lowest BCUT2D eigenvalue weighted by Crippen LogP contribution is -2.34. The fourth-order valence-electron chi connectivity index (χ4n) is 4.69. The number of hydrogen-bond acceptors (Lipinski definition) is 2. The summed E-state index contributed by atoms with van der Waals surface area (Å²) in [6.45, 7) is 11.1. The van der Waals surface area contributed by atoms with Gasteiger partial charge >= 0.3 is 5.71 Å². The third-order valence-electron chi connectivity index (χ3n) is 6.03. The third kappa shape index (κ3) is 2.25. The second-order valence-electron chi connectivity index (χ2n) is 8.61. The molecule has 2 aromatic carbocycles. The Bertz CT molecular complexity index is 1280. The van der Waals surface area contributed by atoms with Crippen molar-refractivity contribution < 1.29 is 13.7 Å². The summed E-state index contributed by atoms with van der Waals surface area (Å²) < 4.78 is 14.7. The minimum atomic E-state index is 0.524. The maximum atomic E-state index is 6.65. The summed E-state index contributed by atoms with van der Waals surface area (Å²) in [6, 6.07) is 8.77. The Balaban J connectivity index is 2.00. The molecule has 0 saturated heterocycles. The molecule has 142 valence electrons. The summed E-state index contributed by atoms with van der Waals surface area (Å²) in [6.07, 6.45) is 2.74. The van der Waals surface area contributed by atoms with E-state index in [-0.39, 0.29) is 0 Å². The molecule has 1 aliphatic rings. The van der Waals surface area contributed by atoms with Crippen LogP contribution in [-0.2, 0) is 13.5 Å². The van der Waals surface area contributed by atoms with Gasteiger partial charge in [0.25, 0.3) is 5.69 Å². The normalized spacial score (nSPS) is 12.7. The van der Waals surface area contributed by atoms with E-state index in [0.29, 0.717) is 5.92 Å². The Kier molecular flexibility index (Phi) is 3.61. The lowest BCUT2D eigenvalue weighted by molar-refractivity contribution is -0.640. The first-order chi connectivity index (χ1) is 13.4. The zero-order chi connectivity index (χ0) is 19.7. The van der Waals surface area contributed by atoms with E-state index >= 15 is 0 Å². The zero-order valence-corrected chi connectivity index (χ0v) is 17.4. The van der Waals surface area contributed by atoms with Gasteiger partial charge < -0.3 is 9.15 Å². The molecule has 5 rings (SSSR count). The van der Waals surface area contributed by atoms with Crippen LogP contribution in [0.15, 0.2) is 34.9 Å². The monoisotopic (exact) mass is 372 g/mol. The quantitative estimate of drug-likeness (QED) is 0.340. The molecule has 0 unspecified atom stereocenters. The van der Waals surface area contributed by atoms with Crippen molar-refractivity contribution in [2.45, 2.75) is 41.0 Å². The fraction of sp³-hybridized carbons (Fsp3) is 0.320. The molecule has 28 heavy (non-hydrogen) atoms. The molecule has 0 atom stereocenters. The SMILES string of the molecule is Cc1cc2c3c(c(C)c(C)cc3c1)-c1c(c(CC(C)C)c3ccoc3[n+]1C)O2. The molecule has 0 radical (unpaired) electrons. The van der Waals surface area contributed by atoms with Crippen LogP contribution in [0.4, 0.5) is 0 Å². The van der Waals surface area contributed by atoms with Crippen LogP contribution in [0.2, 0.25) is 0 Å². The van der Waals surface area contributed by atoms with Gasteiger partial charge in [0.05, 0.1) is 17.2 Å². The van der Waals surface area contributed by atoms with Gasteiger partial charge in [-0.25, -0.2) is 0 Å². The van der Waals surface area contributed by atoms with Gasteiger partial charge in [-0.2, -0.15) is 4.57 Å². The smallest absolute Gasteiger partial charge is 0.381 e. The minimum absolute atomic E-state index is 0.524. The Morgan fingerprint density at radius 1 is 1.07 bits per heavy atom. The predicted molar refractivity (Wildman–Crippen MR) is 113 cm³/mol. The van der Waals surface area contributed by atoms with Crippen LogP contribution in [0.25, 0.3) is 33.1 Å². The number of hydrogen-bond donors (Lipinski definition) is 0. The van der Waals surface area contributed by atoms with Crippen molar-refractivity contribution in [3.8, 4) is 22.8 Å². The van der Waals surface area contributed by atoms with Crippen molar-refractivity contribution in [1.82, 2.24) is 0 Å². The molecule has 3 heterocycles. The van der Waals surface area contributed by atoms with Crippen LogP contribution in [-0.4, -0.2) is 0 Å². The first kappa shape index (κ1) is 17.3. The van der Waals surface area contributed by atoms with Gasteiger partial charge in [-0.05, 0) is 67.3 Å². The molecule has 1 aliphatic heterocycles. The van der Waals surface area contributed by atoms with Crippen molar-refractivity contribution in [2.24, 2.45) is 13.0 Å². The average molecular weight is 372 g/mol. The second kappa shape index (κ2) is 5.84. The maximum absolute atomic E-state index is 6.65. The number of nitrogens with zero attached hydrogens (tertiary/aromatic N) is 1. The summed E-state index contributed by atoms with van der Waals surface area (Å²) in [5.74, 6) is 2.47. The highest BCUT2D eigenvalue weighted by molar-refractivity contribution is 6.06. The van der Waals surface area contributed by atoms with E-state index in [1.54, 1.807) is 6.26 Å². The van der Waals surface area contributed by atoms with Crippen molar-refractivity contribution >= 4 is 21.9 Å². The molecule has 3 nitrogen and oxygen atoms in total. The molecule has 0 N–H and O–H groups in total. The molecule has 0 fully saturated rings. The highest BCUT2D eigenvalue weighted by Crippen LogP contribution is 2.50. The van der Waals surface area contributed by atoms with E-state index in [1.807, 2.05) is 0 Å². The van der Waals surface area contributed by atoms with Crippen molar-refractivity contribution in [3.05, 3.63) is 52.8 Å². The Hall–Kier alpha value is -2.81. The molecule has 4 aromatic rings. The van der Waals surface area contributed by atoms with Gasteiger partial charge in [-0.3, -0.25) is 0 Å². The van der Waals surface area contributed by atoms with Gasteiger partial charge in [-0.15, -0.1) is 0 Å².